The minimum absolute atomic E-state index is 0.0101. The summed E-state index contributed by atoms with van der Waals surface area (Å²) in [6.07, 6.45) is 4.47. The maximum atomic E-state index is 13.0. The first-order valence-electron chi connectivity index (χ1n) is 11.9. The van der Waals surface area contributed by atoms with Gasteiger partial charge >= 0.3 is 0 Å². The molecule has 0 bridgehead atoms. The van der Waals surface area contributed by atoms with Crippen LogP contribution in [0.1, 0.15) is 37.3 Å². The first-order chi connectivity index (χ1) is 16.7. The molecule has 3 aromatic rings. The van der Waals surface area contributed by atoms with Crippen LogP contribution in [0.3, 0.4) is 0 Å². The van der Waals surface area contributed by atoms with Crippen LogP contribution in [0.4, 0.5) is 5.69 Å². The summed E-state index contributed by atoms with van der Waals surface area (Å²) in [5, 5.41) is 6.84. The molecule has 2 amide bonds. The Balaban J connectivity index is 1.23. The predicted molar refractivity (Wildman–Crippen MR) is 137 cm³/mol. The van der Waals surface area contributed by atoms with E-state index in [-0.39, 0.29) is 22.6 Å². The van der Waals surface area contributed by atoms with Crippen LogP contribution in [0.25, 0.3) is 10.9 Å². The van der Waals surface area contributed by atoms with E-state index < -0.39 is 10.0 Å². The first kappa shape index (κ1) is 24.9. The molecule has 186 valence electrons. The molecule has 1 aromatic heterocycles. The second-order valence-electron chi connectivity index (χ2n) is 9.22. The number of rotatable bonds is 8. The smallest absolute Gasteiger partial charge is 0.243 e. The molecule has 0 spiro atoms. The average Bonchev–Trinajstić information content (AvgIpc) is 3.21. The molecular weight excluding hydrogens is 464 g/mol. The highest BCUT2D eigenvalue weighted by atomic mass is 32.2. The Morgan fingerprint density at radius 3 is 2.49 bits per heavy atom. The number of piperidine rings is 1. The molecule has 0 radical (unpaired) electrons. The quantitative estimate of drug-likeness (QED) is 0.443. The summed E-state index contributed by atoms with van der Waals surface area (Å²) in [4.78, 5) is 27.1. The Morgan fingerprint density at radius 1 is 1.09 bits per heavy atom. The molecule has 1 aliphatic heterocycles. The fraction of sp³-hybridized carbons (Fsp3) is 0.385. The normalized spacial score (nSPS) is 15.3. The van der Waals surface area contributed by atoms with Gasteiger partial charge in [-0.3, -0.25) is 9.59 Å². The van der Waals surface area contributed by atoms with Crippen LogP contribution in [0.2, 0.25) is 0 Å². The Hall–Kier alpha value is -3.17. The second-order valence-corrected chi connectivity index (χ2v) is 11.2. The number of anilines is 1. The molecule has 2 heterocycles. The molecule has 1 fully saturated rings. The zero-order valence-electron chi connectivity index (χ0n) is 20.1. The van der Waals surface area contributed by atoms with Crippen molar-refractivity contribution in [2.75, 3.05) is 25.0 Å². The minimum atomic E-state index is -3.60. The van der Waals surface area contributed by atoms with Crippen molar-refractivity contribution in [1.82, 2.24) is 14.6 Å². The summed E-state index contributed by atoms with van der Waals surface area (Å²) in [5.41, 5.74) is 4.05. The van der Waals surface area contributed by atoms with Gasteiger partial charge in [-0.05, 0) is 74.1 Å². The SMILES string of the molecule is CC(=O)Nc1ccc(S(=O)(=O)N2CCC(CC(=O)NCCc3c[nH]c4ccc(C)cc34)CC2)cc1. The number of carbonyl (C=O) groups excluding carboxylic acids is 2. The zero-order chi connectivity index (χ0) is 25.0. The number of amides is 2. The van der Waals surface area contributed by atoms with Crippen molar-refractivity contribution in [2.24, 2.45) is 5.92 Å². The van der Waals surface area contributed by atoms with Gasteiger partial charge in [0.05, 0.1) is 4.90 Å². The second kappa shape index (κ2) is 10.6. The zero-order valence-corrected chi connectivity index (χ0v) is 21.0. The Kier molecular flexibility index (Phi) is 7.57. The van der Waals surface area contributed by atoms with Gasteiger partial charge in [-0.1, -0.05) is 11.6 Å². The molecule has 2 aromatic carbocycles. The van der Waals surface area contributed by atoms with Crippen molar-refractivity contribution < 1.29 is 18.0 Å². The monoisotopic (exact) mass is 496 g/mol. The third kappa shape index (κ3) is 6.10. The topological polar surface area (TPSA) is 111 Å². The van der Waals surface area contributed by atoms with Crippen molar-refractivity contribution in [3.63, 3.8) is 0 Å². The third-order valence-corrected chi connectivity index (χ3v) is 8.41. The number of benzene rings is 2. The lowest BCUT2D eigenvalue weighted by atomic mass is 9.94. The number of sulfonamides is 1. The summed E-state index contributed by atoms with van der Waals surface area (Å²) in [7, 11) is -3.60. The van der Waals surface area contributed by atoms with Crippen LogP contribution in [0.15, 0.2) is 53.6 Å². The van der Waals surface area contributed by atoms with Crippen LogP contribution in [-0.2, 0) is 26.0 Å². The molecule has 0 unspecified atom stereocenters. The third-order valence-electron chi connectivity index (χ3n) is 6.50. The van der Waals surface area contributed by atoms with Gasteiger partial charge in [-0.25, -0.2) is 8.42 Å². The molecule has 1 aliphatic rings. The fourth-order valence-electron chi connectivity index (χ4n) is 4.59. The molecule has 0 atom stereocenters. The van der Waals surface area contributed by atoms with Gasteiger partial charge in [-0.15, -0.1) is 0 Å². The summed E-state index contributed by atoms with van der Waals surface area (Å²) in [6, 6.07) is 12.5. The maximum absolute atomic E-state index is 13.0. The summed E-state index contributed by atoms with van der Waals surface area (Å²) < 4.78 is 27.4. The Morgan fingerprint density at radius 2 is 1.80 bits per heavy atom. The molecule has 0 aliphatic carbocycles. The van der Waals surface area contributed by atoms with Crippen LogP contribution in [0, 0.1) is 12.8 Å². The number of fused-ring (bicyclic) bond motifs is 1. The molecule has 0 saturated carbocycles. The Bertz CT molecular complexity index is 1310. The lowest BCUT2D eigenvalue weighted by Crippen LogP contribution is -2.39. The van der Waals surface area contributed by atoms with E-state index >= 15 is 0 Å². The number of nitrogens with zero attached hydrogens (tertiary/aromatic N) is 1. The standard InChI is InChI=1S/C26H32N4O4S/c1-18-3-8-25-24(15-18)21(17-28-25)9-12-27-26(32)16-20-10-13-30(14-11-20)35(33,34)23-6-4-22(5-7-23)29-19(2)31/h3-8,15,17,20,28H,9-14,16H2,1-2H3,(H,27,32)(H,29,31). The van der Waals surface area contributed by atoms with Gasteiger partial charge in [0.2, 0.25) is 21.8 Å². The molecule has 9 heteroatoms. The Labute approximate surface area is 206 Å². The maximum Gasteiger partial charge on any atom is 0.243 e. The number of carbonyl (C=O) groups is 2. The van der Waals surface area contributed by atoms with E-state index in [1.807, 2.05) is 6.20 Å². The highest BCUT2D eigenvalue weighted by molar-refractivity contribution is 7.89. The van der Waals surface area contributed by atoms with Crippen molar-refractivity contribution in [3.05, 3.63) is 59.8 Å². The van der Waals surface area contributed by atoms with Crippen LogP contribution >= 0.6 is 0 Å². The molecule has 8 nitrogen and oxygen atoms in total. The van der Waals surface area contributed by atoms with Gasteiger partial charge in [0.15, 0.2) is 0 Å². The number of aromatic amines is 1. The van der Waals surface area contributed by atoms with E-state index in [2.05, 4.69) is 40.7 Å². The van der Waals surface area contributed by atoms with Crippen molar-refractivity contribution in [1.29, 1.82) is 0 Å². The first-order valence-corrected chi connectivity index (χ1v) is 13.4. The molecule has 1 saturated heterocycles. The van der Waals surface area contributed by atoms with E-state index in [0.717, 1.165) is 11.9 Å². The number of aromatic nitrogens is 1. The number of H-pyrrole nitrogens is 1. The highest BCUT2D eigenvalue weighted by Crippen LogP contribution is 2.26. The molecule has 4 rings (SSSR count). The predicted octanol–water partition coefficient (Wildman–Crippen LogP) is 3.58. The van der Waals surface area contributed by atoms with Gasteiger partial charge in [0.25, 0.3) is 0 Å². The number of aryl methyl sites for hydroxylation is 1. The summed E-state index contributed by atoms with van der Waals surface area (Å²) in [6.45, 7) is 4.82. The van der Waals surface area contributed by atoms with E-state index in [1.54, 1.807) is 12.1 Å². The van der Waals surface area contributed by atoms with Gasteiger partial charge in [-0.2, -0.15) is 4.31 Å². The van der Waals surface area contributed by atoms with Crippen molar-refractivity contribution in [3.8, 4) is 0 Å². The molecular formula is C26H32N4O4S. The largest absolute Gasteiger partial charge is 0.361 e. The fourth-order valence-corrected chi connectivity index (χ4v) is 6.06. The average molecular weight is 497 g/mol. The lowest BCUT2D eigenvalue weighted by Gasteiger charge is -2.31. The minimum Gasteiger partial charge on any atom is -0.361 e. The lowest BCUT2D eigenvalue weighted by molar-refractivity contribution is -0.122. The summed E-state index contributed by atoms with van der Waals surface area (Å²) >= 11 is 0. The number of hydrogen-bond donors (Lipinski definition) is 3. The van der Waals surface area contributed by atoms with Crippen LogP contribution in [-0.4, -0.2) is 49.2 Å². The van der Waals surface area contributed by atoms with Gasteiger partial charge < -0.3 is 15.6 Å². The van der Waals surface area contributed by atoms with E-state index in [9.17, 15) is 18.0 Å². The number of hydrogen-bond acceptors (Lipinski definition) is 4. The summed E-state index contributed by atoms with van der Waals surface area (Å²) in [5.74, 6) is -0.0324. The van der Waals surface area contributed by atoms with Gasteiger partial charge in [0.1, 0.15) is 0 Å². The van der Waals surface area contributed by atoms with Crippen molar-refractivity contribution >= 4 is 38.4 Å². The van der Waals surface area contributed by atoms with Crippen molar-refractivity contribution in [2.45, 2.75) is 44.4 Å². The van der Waals surface area contributed by atoms with E-state index in [0.29, 0.717) is 44.6 Å². The van der Waals surface area contributed by atoms with Crippen LogP contribution in [0.5, 0.6) is 0 Å². The highest BCUT2D eigenvalue weighted by Gasteiger charge is 2.30. The van der Waals surface area contributed by atoms with E-state index in [4.69, 9.17) is 0 Å². The van der Waals surface area contributed by atoms with E-state index in [1.165, 1.54) is 39.9 Å². The molecule has 35 heavy (non-hydrogen) atoms. The molecule has 3 N–H and O–H groups in total. The van der Waals surface area contributed by atoms with Crippen LogP contribution < -0.4 is 10.6 Å². The number of nitrogens with one attached hydrogen (secondary N) is 3. The van der Waals surface area contributed by atoms with Gasteiger partial charge in [0, 0.05) is 55.8 Å².